The minimum absolute atomic E-state index is 0.316. The van der Waals surface area contributed by atoms with Crippen molar-refractivity contribution >= 4 is 32.7 Å². The molecule has 2 aromatic rings. The van der Waals surface area contributed by atoms with E-state index < -0.39 is 5.91 Å². The number of H-pyrrole nitrogens is 1. The molecule has 0 fully saturated rings. The van der Waals surface area contributed by atoms with E-state index in [9.17, 15) is 9.18 Å². The molecular formula is C10H8BrFN2O. The van der Waals surface area contributed by atoms with Gasteiger partial charge in [-0.25, -0.2) is 4.39 Å². The minimum atomic E-state index is -0.545. The van der Waals surface area contributed by atoms with Gasteiger partial charge in [0.25, 0.3) is 5.91 Å². The second-order valence-corrected chi connectivity index (χ2v) is 4.15. The average molecular weight is 271 g/mol. The maximum atomic E-state index is 13.1. The fourth-order valence-corrected chi connectivity index (χ4v) is 2.13. The lowest BCUT2D eigenvalue weighted by Gasteiger charge is -1.95. The number of hydrogen-bond donors (Lipinski definition) is 2. The zero-order valence-electron chi connectivity index (χ0n) is 7.90. The molecule has 1 aromatic heterocycles. The summed E-state index contributed by atoms with van der Waals surface area (Å²) in [6.45, 7) is 1.73. The Hall–Kier alpha value is -1.36. The normalized spacial score (nSPS) is 10.9. The van der Waals surface area contributed by atoms with Gasteiger partial charge < -0.3 is 10.7 Å². The van der Waals surface area contributed by atoms with Gasteiger partial charge in [0.1, 0.15) is 11.5 Å². The van der Waals surface area contributed by atoms with Crippen LogP contribution in [0, 0.1) is 12.7 Å². The van der Waals surface area contributed by atoms with Crippen LogP contribution in [-0.4, -0.2) is 10.9 Å². The van der Waals surface area contributed by atoms with Crippen LogP contribution in [0.15, 0.2) is 16.6 Å². The van der Waals surface area contributed by atoms with Crippen LogP contribution in [-0.2, 0) is 0 Å². The van der Waals surface area contributed by atoms with Gasteiger partial charge in [-0.2, -0.15) is 0 Å². The lowest BCUT2D eigenvalue weighted by Crippen LogP contribution is -2.12. The SMILES string of the molecule is Cc1c(C(N)=O)[nH]c2c(Br)cc(F)cc12. The van der Waals surface area contributed by atoms with Gasteiger partial charge in [0, 0.05) is 9.86 Å². The van der Waals surface area contributed by atoms with Gasteiger partial charge in [-0.15, -0.1) is 0 Å². The van der Waals surface area contributed by atoms with Crippen LogP contribution in [0.1, 0.15) is 16.1 Å². The monoisotopic (exact) mass is 270 g/mol. The third-order valence-electron chi connectivity index (χ3n) is 2.33. The van der Waals surface area contributed by atoms with Crippen molar-refractivity contribution in [2.75, 3.05) is 0 Å². The summed E-state index contributed by atoms with van der Waals surface area (Å²) in [4.78, 5) is 13.9. The van der Waals surface area contributed by atoms with Crippen LogP contribution in [0.2, 0.25) is 0 Å². The predicted molar refractivity (Wildman–Crippen MR) is 59.2 cm³/mol. The Kier molecular flexibility index (Phi) is 2.26. The Morgan fingerprint density at radius 2 is 2.20 bits per heavy atom. The molecule has 0 aliphatic rings. The number of aromatic nitrogens is 1. The fraction of sp³-hybridized carbons (Fsp3) is 0.100. The molecule has 0 aliphatic carbocycles. The number of amides is 1. The highest BCUT2D eigenvalue weighted by molar-refractivity contribution is 9.10. The van der Waals surface area contributed by atoms with Gasteiger partial charge in [-0.3, -0.25) is 4.79 Å². The van der Waals surface area contributed by atoms with E-state index >= 15 is 0 Å². The Balaban J connectivity index is 2.88. The van der Waals surface area contributed by atoms with E-state index in [2.05, 4.69) is 20.9 Å². The molecule has 2 rings (SSSR count). The molecule has 0 bridgehead atoms. The van der Waals surface area contributed by atoms with Gasteiger partial charge in [-0.05, 0) is 40.5 Å². The number of primary amides is 1. The summed E-state index contributed by atoms with van der Waals surface area (Å²) in [5.41, 5.74) is 6.85. The molecule has 3 nitrogen and oxygen atoms in total. The minimum Gasteiger partial charge on any atom is -0.364 e. The molecule has 5 heteroatoms. The largest absolute Gasteiger partial charge is 0.364 e. The molecule has 0 saturated heterocycles. The number of rotatable bonds is 1. The zero-order chi connectivity index (χ0) is 11.2. The molecule has 1 amide bonds. The highest BCUT2D eigenvalue weighted by Crippen LogP contribution is 2.28. The Bertz CT molecular complexity index is 562. The van der Waals surface area contributed by atoms with Gasteiger partial charge in [-0.1, -0.05) is 0 Å². The number of hydrogen-bond acceptors (Lipinski definition) is 1. The Labute approximate surface area is 93.6 Å². The van der Waals surface area contributed by atoms with E-state index in [1.165, 1.54) is 12.1 Å². The van der Waals surface area contributed by atoms with E-state index in [0.29, 0.717) is 26.6 Å². The van der Waals surface area contributed by atoms with E-state index in [-0.39, 0.29) is 5.82 Å². The van der Waals surface area contributed by atoms with Gasteiger partial charge in [0.15, 0.2) is 0 Å². The molecule has 3 N–H and O–H groups in total. The first-order chi connectivity index (χ1) is 7.00. The number of nitrogens with one attached hydrogen (secondary N) is 1. The molecule has 0 spiro atoms. The van der Waals surface area contributed by atoms with Gasteiger partial charge in [0.2, 0.25) is 0 Å². The summed E-state index contributed by atoms with van der Waals surface area (Å²) in [5, 5.41) is 0.663. The first-order valence-electron chi connectivity index (χ1n) is 4.28. The second-order valence-electron chi connectivity index (χ2n) is 3.30. The first-order valence-corrected chi connectivity index (χ1v) is 5.07. The van der Waals surface area contributed by atoms with Crippen LogP contribution < -0.4 is 5.73 Å². The van der Waals surface area contributed by atoms with Crippen LogP contribution in [0.3, 0.4) is 0 Å². The molecule has 0 aliphatic heterocycles. The van der Waals surface area contributed by atoms with Crippen molar-refractivity contribution in [3.8, 4) is 0 Å². The van der Waals surface area contributed by atoms with Gasteiger partial charge >= 0.3 is 0 Å². The second kappa shape index (κ2) is 3.34. The third kappa shape index (κ3) is 1.52. The molecule has 0 saturated carbocycles. The van der Waals surface area contributed by atoms with E-state index in [1.807, 2.05) is 0 Å². The maximum Gasteiger partial charge on any atom is 0.265 e. The summed E-state index contributed by atoms with van der Waals surface area (Å²) in [6, 6.07) is 2.71. The standard InChI is InChI=1S/C10H8BrFN2O/c1-4-6-2-5(12)3-7(11)9(6)14-8(4)10(13)15/h2-3,14H,1H3,(H2,13,15). The molecule has 0 radical (unpaired) electrons. The highest BCUT2D eigenvalue weighted by atomic mass is 79.9. The Morgan fingerprint density at radius 3 is 2.80 bits per heavy atom. The molecular weight excluding hydrogens is 263 g/mol. The van der Waals surface area contributed by atoms with Crippen LogP contribution in [0.25, 0.3) is 10.9 Å². The fourth-order valence-electron chi connectivity index (χ4n) is 1.60. The van der Waals surface area contributed by atoms with Crippen molar-refractivity contribution in [3.05, 3.63) is 33.7 Å². The number of aromatic amines is 1. The number of aryl methyl sites for hydroxylation is 1. The lowest BCUT2D eigenvalue weighted by molar-refractivity contribution is 0.0996. The van der Waals surface area contributed by atoms with Crippen molar-refractivity contribution in [3.63, 3.8) is 0 Å². The van der Waals surface area contributed by atoms with Crippen LogP contribution in [0.4, 0.5) is 4.39 Å². The predicted octanol–water partition coefficient (Wildman–Crippen LogP) is 2.48. The molecule has 0 unspecified atom stereocenters. The number of fused-ring (bicyclic) bond motifs is 1. The van der Waals surface area contributed by atoms with Crippen LogP contribution >= 0.6 is 15.9 Å². The number of benzene rings is 1. The molecule has 0 atom stereocenters. The summed E-state index contributed by atoms with van der Waals surface area (Å²) in [7, 11) is 0. The van der Waals surface area contributed by atoms with Gasteiger partial charge in [0.05, 0.1) is 5.52 Å². The highest BCUT2D eigenvalue weighted by Gasteiger charge is 2.14. The van der Waals surface area contributed by atoms with Crippen LogP contribution in [0.5, 0.6) is 0 Å². The summed E-state index contributed by atoms with van der Waals surface area (Å²) in [5.74, 6) is -0.900. The lowest BCUT2D eigenvalue weighted by atomic mass is 10.1. The molecule has 78 valence electrons. The summed E-state index contributed by atoms with van der Waals surface area (Å²) >= 11 is 3.22. The number of carbonyl (C=O) groups excluding carboxylic acids is 1. The van der Waals surface area contributed by atoms with E-state index in [4.69, 9.17) is 5.73 Å². The first kappa shape index (κ1) is 10.2. The third-order valence-corrected chi connectivity index (χ3v) is 2.96. The van der Waals surface area contributed by atoms with Crippen molar-refractivity contribution < 1.29 is 9.18 Å². The number of nitrogens with two attached hydrogens (primary N) is 1. The summed E-state index contributed by atoms with van der Waals surface area (Å²) < 4.78 is 13.7. The molecule has 15 heavy (non-hydrogen) atoms. The zero-order valence-corrected chi connectivity index (χ0v) is 9.48. The average Bonchev–Trinajstić information content (AvgIpc) is 2.44. The van der Waals surface area contributed by atoms with E-state index in [0.717, 1.165) is 0 Å². The smallest absolute Gasteiger partial charge is 0.265 e. The quantitative estimate of drug-likeness (QED) is 0.822. The number of carbonyl (C=O) groups is 1. The number of halogens is 2. The Morgan fingerprint density at radius 1 is 1.53 bits per heavy atom. The summed E-state index contributed by atoms with van der Waals surface area (Å²) in [6.07, 6.45) is 0. The maximum absolute atomic E-state index is 13.1. The van der Waals surface area contributed by atoms with Crippen molar-refractivity contribution in [2.24, 2.45) is 5.73 Å². The molecule has 1 heterocycles. The topological polar surface area (TPSA) is 58.9 Å². The molecule has 1 aromatic carbocycles. The van der Waals surface area contributed by atoms with Crippen molar-refractivity contribution in [2.45, 2.75) is 6.92 Å². The van der Waals surface area contributed by atoms with Crippen molar-refractivity contribution in [1.29, 1.82) is 0 Å². The van der Waals surface area contributed by atoms with E-state index in [1.54, 1.807) is 6.92 Å². The van der Waals surface area contributed by atoms with Crippen molar-refractivity contribution in [1.82, 2.24) is 4.98 Å².